The molecular formula is C14H19NO3. The maximum Gasteiger partial charge on any atom is 0.317 e. The minimum atomic E-state index is -0.769. The number of ether oxygens (including phenoxy) is 1. The Morgan fingerprint density at radius 1 is 1.39 bits per heavy atom. The van der Waals surface area contributed by atoms with Crippen LogP contribution in [0.3, 0.4) is 0 Å². The van der Waals surface area contributed by atoms with Crippen molar-refractivity contribution < 1.29 is 14.6 Å². The summed E-state index contributed by atoms with van der Waals surface area (Å²) in [5.74, 6) is -0.769. The number of hydrogen-bond acceptors (Lipinski definition) is 3. The topological polar surface area (TPSA) is 49.8 Å². The van der Waals surface area contributed by atoms with E-state index in [1.54, 1.807) is 0 Å². The Morgan fingerprint density at radius 3 is 2.78 bits per heavy atom. The van der Waals surface area contributed by atoms with Crippen molar-refractivity contribution in [2.75, 3.05) is 26.3 Å². The molecule has 1 fully saturated rings. The zero-order valence-electron chi connectivity index (χ0n) is 10.4. The summed E-state index contributed by atoms with van der Waals surface area (Å²) in [6.45, 7) is 2.26. The van der Waals surface area contributed by atoms with Crippen LogP contribution in [0.2, 0.25) is 0 Å². The van der Waals surface area contributed by atoms with Crippen LogP contribution in [-0.2, 0) is 16.0 Å². The van der Waals surface area contributed by atoms with Crippen molar-refractivity contribution in [1.82, 2.24) is 4.90 Å². The van der Waals surface area contributed by atoms with Gasteiger partial charge in [0.05, 0.1) is 13.2 Å². The van der Waals surface area contributed by atoms with Gasteiger partial charge in [0, 0.05) is 19.2 Å². The summed E-state index contributed by atoms with van der Waals surface area (Å²) >= 11 is 0. The van der Waals surface area contributed by atoms with Crippen LogP contribution in [0.15, 0.2) is 30.3 Å². The van der Waals surface area contributed by atoms with Gasteiger partial charge in [-0.2, -0.15) is 0 Å². The van der Waals surface area contributed by atoms with Crippen molar-refractivity contribution >= 4 is 5.97 Å². The van der Waals surface area contributed by atoms with Gasteiger partial charge in [-0.25, -0.2) is 0 Å². The highest BCUT2D eigenvalue weighted by Crippen LogP contribution is 2.13. The summed E-state index contributed by atoms with van der Waals surface area (Å²) in [6, 6.07) is 10.4. The molecule has 18 heavy (non-hydrogen) atoms. The first-order chi connectivity index (χ1) is 8.75. The van der Waals surface area contributed by atoms with E-state index in [1.165, 1.54) is 5.56 Å². The SMILES string of the molecule is O=C(O)CN(CCc1ccccc1)C1CCOC1. The molecule has 0 spiro atoms. The minimum Gasteiger partial charge on any atom is -0.480 e. The smallest absolute Gasteiger partial charge is 0.317 e. The summed E-state index contributed by atoms with van der Waals surface area (Å²) in [6.07, 6.45) is 1.81. The molecule has 1 unspecified atom stereocenters. The lowest BCUT2D eigenvalue weighted by atomic mass is 10.1. The average molecular weight is 249 g/mol. The monoisotopic (exact) mass is 249 g/mol. The first-order valence-electron chi connectivity index (χ1n) is 6.33. The summed E-state index contributed by atoms with van der Waals surface area (Å²) in [4.78, 5) is 12.9. The van der Waals surface area contributed by atoms with Crippen LogP contribution in [-0.4, -0.2) is 48.3 Å². The van der Waals surface area contributed by atoms with E-state index in [-0.39, 0.29) is 12.6 Å². The molecule has 0 bridgehead atoms. The third-order valence-corrected chi connectivity index (χ3v) is 3.29. The maximum absolute atomic E-state index is 10.9. The Bertz CT molecular complexity index is 374. The molecule has 1 aliphatic heterocycles. The molecule has 4 nitrogen and oxygen atoms in total. The number of aliphatic carboxylic acids is 1. The van der Waals surface area contributed by atoms with Crippen LogP contribution in [0.1, 0.15) is 12.0 Å². The quantitative estimate of drug-likeness (QED) is 0.828. The largest absolute Gasteiger partial charge is 0.480 e. The Labute approximate surface area is 107 Å². The summed E-state index contributed by atoms with van der Waals surface area (Å²) < 4.78 is 5.34. The lowest BCUT2D eigenvalue weighted by Crippen LogP contribution is -2.40. The van der Waals surface area contributed by atoms with Gasteiger partial charge in [-0.05, 0) is 18.4 Å². The highest BCUT2D eigenvalue weighted by molar-refractivity contribution is 5.69. The number of nitrogens with zero attached hydrogens (tertiary/aromatic N) is 1. The van der Waals surface area contributed by atoms with Crippen LogP contribution >= 0.6 is 0 Å². The Morgan fingerprint density at radius 2 is 2.17 bits per heavy atom. The third kappa shape index (κ3) is 3.82. The van der Waals surface area contributed by atoms with Crippen LogP contribution in [0.4, 0.5) is 0 Å². The van der Waals surface area contributed by atoms with Gasteiger partial charge < -0.3 is 9.84 Å². The normalized spacial score (nSPS) is 19.3. The van der Waals surface area contributed by atoms with E-state index in [0.29, 0.717) is 6.61 Å². The maximum atomic E-state index is 10.9. The highest BCUT2D eigenvalue weighted by atomic mass is 16.5. The second kappa shape index (κ2) is 6.52. The van der Waals surface area contributed by atoms with Crippen LogP contribution < -0.4 is 0 Å². The van der Waals surface area contributed by atoms with Gasteiger partial charge in [0.25, 0.3) is 0 Å². The van der Waals surface area contributed by atoms with Gasteiger partial charge in [-0.3, -0.25) is 9.69 Å². The molecule has 1 atom stereocenters. The third-order valence-electron chi connectivity index (χ3n) is 3.29. The molecule has 1 aliphatic rings. The lowest BCUT2D eigenvalue weighted by Gasteiger charge is -2.25. The zero-order valence-corrected chi connectivity index (χ0v) is 10.4. The van der Waals surface area contributed by atoms with Gasteiger partial charge >= 0.3 is 5.97 Å². The molecule has 1 aromatic rings. The Kier molecular flexibility index (Phi) is 4.73. The molecule has 1 N–H and O–H groups in total. The van der Waals surface area contributed by atoms with Crippen molar-refractivity contribution in [3.05, 3.63) is 35.9 Å². The van der Waals surface area contributed by atoms with Crippen LogP contribution in [0, 0.1) is 0 Å². The molecule has 2 rings (SSSR count). The summed E-state index contributed by atoms with van der Waals surface area (Å²) in [7, 11) is 0. The Hall–Kier alpha value is -1.39. The summed E-state index contributed by atoms with van der Waals surface area (Å²) in [5, 5.41) is 8.96. The Balaban J connectivity index is 1.90. The fourth-order valence-electron chi connectivity index (χ4n) is 2.29. The molecule has 0 amide bonds. The second-order valence-corrected chi connectivity index (χ2v) is 4.62. The van der Waals surface area contributed by atoms with E-state index in [4.69, 9.17) is 9.84 Å². The predicted molar refractivity (Wildman–Crippen MR) is 68.6 cm³/mol. The van der Waals surface area contributed by atoms with Crippen LogP contribution in [0.5, 0.6) is 0 Å². The molecule has 1 saturated heterocycles. The number of carboxylic acid groups (broad SMARTS) is 1. The van der Waals surface area contributed by atoms with E-state index >= 15 is 0 Å². The van der Waals surface area contributed by atoms with E-state index in [0.717, 1.165) is 26.0 Å². The van der Waals surface area contributed by atoms with E-state index < -0.39 is 5.97 Å². The highest BCUT2D eigenvalue weighted by Gasteiger charge is 2.24. The number of carbonyl (C=O) groups is 1. The fourth-order valence-corrected chi connectivity index (χ4v) is 2.29. The number of carboxylic acids is 1. The zero-order chi connectivity index (χ0) is 12.8. The molecule has 0 radical (unpaired) electrons. The van der Waals surface area contributed by atoms with Crippen molar-refractivity contribution in [3.63, 3.8) is 0 Å². The minimum absolute atomic E-state index is 0.0981. The molecule has 1 heterocycles. The molecule has 1 aromatic carbocycles. The molecule has 4 heteroatoms. The average Bonchev–Trinajstić information content (AvgIpc) is 2.89. The van der Waals surface area contributed by atoms with Gasteiger partial charge in [-0.1, -0.05) is 30.3 Å². The first-order valence-corrected chi connectivity index (χ1v) is 6.33. The van der Waals surface area contributed by atoms with Gasteiger partial charge in [-0.15, -0.1) is 0 Å². The van der Waals surface area contributed by atoms with Crippen LogP contribution in [0.25, 0.3) is 0 Å². The molecule has 98 valence electrons. The number of rotatable bonds is 6. The van der Waals surface area contributed by atoms with Gasteiger partial charge in [0.15, 0.2) is 0 Å². The molecular weight excluding hydrogens is 230 g/mol. The van der Waals surface area contributed by atoms with E-state index in [9.17, 15) is 4.79 Å². The number of hydrogen-bond donors (Lipinski definition) is 1. The molecule has 0 aromatic heterocycles. The van der Waals surface area contributed by atoms with Crippen molar-refractivity contribution in [2.24, 2.45) is 0 Å². The van der Waals surface area contributed by atoms with E-state index in [1.807, 2.05) is 23.1 Å². The molecule has 0 saturated carbocycles. The molecule has 0 aliphatic carbocycles. The summed E-state index contributed by atoms with van der Waals surface area (Å²) in [5.41, 5.74) is 1.24. The van der Waals surface area contributed by atoms with Gasteiger partial charge in [0.1, 0.15) is 0 Å². The van der Waals surface area contributed by atoms with Gasteiger partial charge in [0.2, 0.25) is 0 Å². The predicted octanol–water partition coefficient (Wildman–Crippen LogP) is 1.40. The van der Waals surface area contributed by atoms with E-state index in [2.05, 4.69) is 12.1 Å². The fraction of sp³-hybridized carbons (Fsp3) is 0.500. The van der Waals surface area contributed by atoms with Crippen molar-refractivity contribution in [3.8, 4) is 0 Å². The van der Waals surface area contributed by atoms with Crippen molar-refractivity contribution in [2.45, 2.75) is 18.9 Å². The van der Waals surface area contributed by atoms with Crippen molar-refractivity contribution in [1.29, 1.82) is 0 Å². The standard InChI is InChI=1S/C14H19NO3/c16-14(17)10-15(13-7-9-18-11-13)8-6-12-4-2-1-3-5-12/h1-5,13H,6-11H2,(H,16,17). The first kappa shape index (κ1) is 13.1. The number of benzene rings is 1. The lowest BCUT2D eigenvalue weighted by molar-refractivity contribution is -0.138. The second-order valence-electron chi connectivity index (χ2n) is 4.62.